The highest BCUT2D eigenvalue weighted by atomic mass is 32.1. The molecule has 0 aliphatic heterocycles. The monoisotopic (exact) mass is 303 g/mol. The van der Waals surface area contributed by atoms with Crippen LogP contribution in [-0.4, -0.2) is 24.2 Å². The lowest BCUT2D eigenvalue weighted by Crippen LogP contribution is -2.15. The summed E-state index contributed by atoms with van der Waals surface area (Å²) in [5.41, 5.74) is 8.24. The van der Waals surface area contributed by atoms with Crippen molar-refractivity contribution in [3.05, 3.63) is 41.6 Å². The number of thiocarbonyl (C=S) groups is 1. The van der Waals surface area contributed by atoms with Crippen LogP contribution in [0.25, 0.3) is 0 Å². The van der Waals surface area contributed by atoms with Crippen LogP contribution < -0.4 is 20.5 Å². The highest BCUT2D eigenvalue weighted by Crippen LogP contribution is 2.32. The van der Waals surface area contributed by atoms with Crippen molar-refractivity contribution in [2.45, 2.75) is 6.92 Å². The summed E-state index contributed by atoms with van der Waals surface area (Å²) in [6, 6.07) is 7.34. The summed E-state index contributed by atoms with van der Waals surface area (Å²) in [7, 11) is 3.20. The molecule has 0 saturated carbocycles. The zero-order valence-electron chi connectivity index (χ0n) is 12.1. The van der Waals surface area contributed by atoms with Crippen molar-refractivity contribution >= 4 is 28.7 Å². The Hall–Kier alpha value is -2.34. The molecule has 110 valence electrons. The van der Waals surface area contributed by atoms with Gasteiger partial charge in [0.05, 0.1) is 25.5 Å². The molecule has 0 aliphatic rings. The number of aromatic nitrogens is 1. The normalized spacial score (nSPS) is 10.0. The zero-order valence-corrected chi connectivity index (χ0v) is 13.0. The number of ether oxygens (including phenoxy) is 2. The van der Waals surface area contributed by atoms with Crippen LogP contribution >= 0.6 is 12.2 Å². The van der Waals surface area contributed by atoms with E-state index in [9.17, 15) is 0 Å². The number of hydrogen-bond acceptors (Lipinski definition) is 5. The molecule has 2 rings (SSSR count). The average molecular weight is 303 g/mol. The van der Waals surface area contributed by atoms with Crippen LogP contribution in [0, 0.1) is 6.92 Å². The van der Waals surface area contributed by atoms with Gasteiger partial charge in [-0.15, -0.1) is 0 Å². The Bertz CT molecular complexity index is 674. The first kappa shape index (κ1) is 15.1. The molecule has 0 saturated heterocycles. The van der Waals surface area contributed by atoms with Crippen LogP contribution in [0.1, 0.15) is 11.1 Å². The predicted octanol–water partition coefficient (Wildman–Crippen LogP) is 2.79. The van der Waals surface area contributed by atoms with Gasteiger partial charge in [-0.1, -0.05) is 12.2 Å². The summed E-state index contributed by atoms with van der Waals surface area (Å²) in [5, 5.41) is 3.21. The standard InChI is InChI=1S/C15H17N3O2S/c1-9-6-7-17-15(13(9)14(16)21)18-11-5-4-10(19-2)8-12(11)20-3/h4-8H,1-3H3,(H2,16,21)(H,17,18). The quantitative estimate of drug-likeness (QED) is 0.828. The molecule has 6 heteroatoms. The fourth-order valence-corrected chi connectivity index (χ4v) is 2.25. The lowest BCUT2D eigenvalue weighted by Gasteiger charge is -2.15. The minimum atomic E-state index is 0.301. The predicted molar refractivity (Wildman–Crippen MR) is 87.7 cm³/mol. The van der Waals surface area contributed by atoms with Crippen LogP contribution in [0.2, 0.25) is 0 Å². The van der Waals surface area contributed by atoms with Gasteiger partial charge in [-0.25, -0.2) is 4.98 Å². The van der Waals surface area contributed by atoms with Crippen molar-refractivity contribution < 1.29 is 9.47 Å². The molecule has 1 aromatic heterocycles. The SMILES string of the molecule is COc1ccc(Nc2nccc(C)c2C(N)=S)c(OC)c1. The summed E-state index contributed by atoms with van der Waals surface area (Å²) in [6.45, 7) is 1.94. The van der Waals surface area contributed by atoms with Gasteiger partial charge in [-0.2, -0.15) is 0 Å². The Morgan fingerprint density at radius 1 is 1.24 bits per heavy atom. The maximum absolute atomic E-state index is 5.79. The van der Waals surface area contributed by atoms with Gasteiger partial charge in [0.15, 0.2) is 0 Å². The van der Waals surface area contributed by atoms with Gasteiger partial charge in [0.2, 0.25) is 0 Å². The van der Waals surface area contributed by atoms with E-state index in [1.165, 1.54) is 0 Å². The molecule has 2 aromatic rings. The van der Waals surface area contributed by atoms with Crippen molar-refractivity contribution in [1.29, 1.82) is 0 Å². The Morgan fingerprint density at radius 2 is 2.00 bits per heavy atom. The minimum absolute atomic E-state index is 0.301. The summed E-state index contributed by atoms with van der Waals surface area (Å²) in [4.78, 5) is 4.61. The first-order chi connectivity index (χ1) is 10.1. The number of nitrogens with zero attached hydrogens (tertiary/aromatic N) is 1. The molecule has 1 aromatic carbocycles. The smallest absolute Gasteiger partial charge is 0.146 e. The molecule has 5 nitrogen and oxygen atoms in total. The molecule has 21 heavy (non-hydrogen) atoms. The second kappa shape index (κ2) is 6.41. The van der Waals surface area contributed by atoms with Gasteiger partial charge >= 0.3 is 0 Å². The third kappa shape index (κ3) is 3.22. The molecule has 0 amide bonds. The fourth-order valence-electron chi connectivity index (χ4n) is 1.99. The van der Waals surface area contributed by atoms with E-state index >= 15 is 0 Å². The van der Waals surface area contributed by atoms with Crippen LogP contribution in [-0.2, 0) is 0 Å². The van der Waals surface area contributed by atoms with E-state index in [4.69, 9.17) is 27.4 Å². The van der Waals surface area contributed by atoms with Gasteiger partial charge in [0.25, 0.3) is 0 Å². The third-order valence-corrected chi connectivity index (χ3v) is 3.27. The summed E-state index contributed by atoms with van der Waals surface area (Å²) >= 11 is 5.10. The van der Waals surface area contributed by atoms with Crippen LogP contribution in [0.4, 0.5) is 11.5 Å². The molecule has 0 aliphatic carbocycles. The fraction of sp³-hybridized carbons (Fsp3) is 0.200. The maximum atomic E-state index is 5.79. The molecule has 1 heterocycles. The Morgan fingerprint density at radius 3 is 2.62 bits per heavy atom. The molecule has 0 spiro atoms. The van der Waals surface area contributed by atoms with Gasteiger partial charge < -0.3 is 20.5 Å². The number of aryl methyl sites for hydroxylation is 1. The summed E-state index contributed by atoms with van der Waals surface area (Å²) < 4.78 is 10.5. The van der Waals surface area contributed by atoms with Crippen molar-refractivity contribution in [3.63, 3.8) is 0 Å². The van der Waals surface area contributed by atoms with E-state index in [0.29, 0.717) is 22.3 Å². The molecule has 0 fully saturated rings. The Labute approximate surface area is 129 Å². The highest BCUT2D eigenvalue weighted by Gasteiger charge is 2.12. The molecule has 0 unspecified atom stereocenters. The number of benzene rings is 1. The minimum Gasteiger partial charge on any atom is -0.497 e. The highest BCUT2D eigenvalue weighted by molar-refractivity contribution is 7.80. The number of rotatable bonds is 5. The topological polar surface area (TPSA) is 69.4 Å². The number of nitrogens with one attached hydrogen (secondary N) is 1. The summed E-state index contributed by atoms with van der Waals surface area (Å²) in [5.74, 6) is 1.96. The van der Waals surface area contributed by atoms with Gasteiger partial charge in [-0.3, -0.25) is 0 Å². The Kier molecular flexibility index (Phi) is 4.59. The third-order valence-electron chi connectivity index (χ3n) is 3.07. The first-order valence-corrected chi connectivity index (χ1v) is 6.72. The number of hydrogen-bond donors (Lipinski definition) is 2. The molecular formula is C15H17N3O2S. The second-order valence-electron chi connectivity index (χ2n) is 4.41. The lowest BCUT2D eigenvalue weighted by molar-refractivity contribution is 0.395. The average Bonchev–Trinajstić information content (AvgIpc) is 2.47. The van der Waals surface area contributed by atoms with E-state index < -0.39 is 0 Å². The number of pyridine rings is 1. The van der Waals surface area contributed by atoms with Crippen molar-refractivity contribution in [2.24, 2.45) is 5.73 Å². The van der Waals surface area contributed by atoms with Crippen molar-refractivity contribution in [3.8, 4) is 11.5 Å². The van der Waals surface area contributed by atoms with Gasteiger partial charge in [0.1, 0.15) is 22.3 Å². The second-order valence-corrected chi connectivity index (χ2v) is 4.85. The van der Waals surface area contributed by atoms with E-state index in [1.807, 2.05) is 25.1 Å². The number of anilines is 2. The van der Waals surface area contributed by atoms with Crippen LogP contribution in [0.15, 0.2) is 30.5 Å². The lowest BCUT2D eigenvalue weighted by atomic mass is 10.1. The zero-order chi connectivity index (χ0) is 15.4. The van der Waals surface area contributed by atoms with Crippen molar-refractivity contribution in [1.82, 2.24) is 4.98 Å². The van der Waals surface area contributed by atoms with Crippen LogP contribution in [0.3, 0.4) is 0 Å². The molecular weight excluding hydrogens is 286 g/mol. The summed E-state index contributed by atoms with van der Waals surface area (Å²) in [6.07, 6.45) is 1.70. The van der Waals surface area contributed by atoms with E-state index in [-0.39, 0.29) is 0 Å². The van der Waals surface area contributed by atoms with Gasteiger partial charge in [-0.05, 0) is 30.7 Å². The van der Waals surface area contributed by atoms with E-state index in [1.54, 1.807) is 26.5 Å². The van der Waals surface area contributed by atoms with Crippen LogP contribution in [0.5, 0.6) is 11.5 Å². The molecule has 3 N–H and O–H groups in total. The molecule has 0 atom stereocenters. The van der Waals surface area contributed by atoms with E-state index in [0.717, 1.165) is 16.8 Å². The number of nitrogens with two attached hydrogens (primary N) is 1. The van der Waals surface area contributed by atoms with Gasteiger partial charge in [0, 0.05) is 12.3 Å². The largest absolute Gasteiger partial charge is 0.497 e. The Balaban J connectivity index is 2.43. The molecule has 0 radical (unpaired) electrons. The number of methoxy groups -OCH3 is 2. The van der Waals surface area contributed by atoms with Crippen molar-refractivity contribution in [2.75, 3.05) is 19.5 Å². The van der Waals surface area contributed by atoms with E-state index in [2.05, 4.69) is 10.3 Å². The first-order valence-electron chi connectivity index (χ1n) is 6.31. The molecule has 0 bridgehead atoms. The maximum Gasteiger partial charge on any atom is 0.146 e.